The molecule has 0 aromatic carbocycles. The van der Waals surface area contributed by atoms with Crippen molar-refractivity contribution in [2.24, 2.45) is 7.05 Å². The SMILES string of the molecule is CCCn1ncnc1C(=O)c1cn(C)nn1. The Morgan fingerprint density at radius 1 is 1.50 bits per heavy atom. The van der Waals surface area contributed by atoms with Gasteiger partial charge in [-0.05, 0) is 6.42 Å². The van der Waals surface area contributed by atoms with Crippen LogP contribution in [0.4, 0.5) is 0 Å². The fraction of sp³-hybridized carbons (Fsp3) is 0.444. The number of hydrogen-bond acceptors (Lipinski definition) is 5. The smallest absolute Gasteiger partial charge is 0.251 e. The largest absolute Gasteiger partial charge is 0.283 e. The Bertz CT molecular complexity index is 500. The van der Waals surface area contributed by atoms with Gasteiger partial charge in [0.25, 0.3) is 5.78 Å². The molecule has 0 saturated carbocycles. The minimum Gasteiger partial charge on any atom is -0.283 e. The fourth-order valence-electron chi connectivity index (χ4n) is 1.38. The summed E-state index contributed by atoms with van der Waals surface area (Å²) in [6, 6.07) is 0. The van der Waals surface area contributed by atoms with E-state index in [-0.39, 0.29) is 11.5 Å². The van der Waals surface area contributed by atoms with Crippen LogP contribution in [0.25, 0.3) is 0 Å². The molecule has 7 nitrogen and oxygen atoms in total. The fourth-order valence-corrected chi connectivity index (χ4v) is 1.38. The summed E-state index contributed by atoms with van der Waals surface area (Å²) >= 11 is 0. The van der Waals surface area contributed by atoms with Crippen molar-refractivity contribution in [2.45, 2.75) is 19.9 Å². The average Bonchev–Trinajstić information content (AvgIpc) is 2.87. The van der Waals surface area contributed by atoms with Gasteiger partial charge in [-0.15, -0.1) is 5.10 Å². The molecule has 0 N–H and O–H groups in total. The number of aryl methyl sites for hydroxylation is 2. The Kier molecular flexibility index (Phi) is 2.76. The zero-order valence-electron chi connectivity index (χ0n) is 9.16. The van der Waals surface area contributed by atoms with Crippen molar-refractivity contribution < 1.29 is 4.79 Å². The van der Waals surface area contributed by atoms with E-state index in [1.54, 1.807) is 17.9 Å². The first-order chi connectivity index (χ1) is 7.72. The molecule has 2 rings (SSSR count). The van der Waals surface area contributed by atoms with Crippen LogP contribution in [0.3, 0.4) is 0 Å². The first-order valence-corrected chi connectivity index (χ1v) is 5.01. The zero-order valence-corrected chi connectivity index (χ0v) is 9.16. The Labute approximate surface area is 92.1 Å². The van der Waals surface area contributed by atoms with E-state index in [0.717, 1.165) is 6.42 Å². The molecule has 0 amide bonds. The van der Waals surface area contributed by atoms with Crippen molar-refractivity contribution >= 4 is 5.78 Å². The van der Waals surface area contributed by atoms with Gasteiger partial charge in [-0.2, -0.15) is 5.10 Å². The summed E-state index contributed by atoms with van der Waals surface area (Å²) in [6.07, 6.45) is 3.83. The van der Waals surface area contributed by atoms with Crippen molar-refractivity contribution in [1.29, 1.82) is 0 Å². The van der Waals surface area contributed by atoms with Crippen LogP contribution in [0.1, 0.15) is 29.7 Å². The third-order valence-corrected chi connectivity index (χ3v) is 2.09. The minimum absolute atomic E-state index is 0.251. The van der Waals surface area contributed by atoms with E-state index in [1.165, 1.54) is 11.0 Å². The molecular weight excluding hydrogens is 208 g/mol. The molecule has 0 fully saturated rings. The molecule has 0 atom stereocenters. The molecule has 0 spiro atoms. The number of rotatable bonds is 4. The van der Waals surface area contributed by atoms with E-state index >= 15 is 0 Å². The maximum atomic E-state index is 12.0. The first-order valence-electron chi connectivity index (χ1n) is 5.01. The van der Waals surface area contributed by atoms with Gasteiger partial charge in [0.2, 0.25) is 5.82 Å². The second-order valence-corrected chi connectivity index (χ2v) is 3.41. The molecule has 0 radical (unpaired) electrons. The molecule has 0 aliphatic heterocycles. The van der Waals surface area contributed by atoms with E-state index in [9.17, 15) is 4.79 Å². The highest BCUT2D eigenvalue weighted by atomic mass is 16.1. The second kappa shape index (κ2) is 4.21. The van der Waals surface area contributed by atoms with Gasteiger partial charge in [-0.1, -0.05) is 12.1 Å². The van der Waals surface area contributed by atoms with Gasteiger partial charge >= 0.3 is 0 Å². The van der Waals surface area contributed by atoms with Crippen LogP contribution in [-0.4, -0.2) is 35.5 Å². The molecular formula is C9H12N6O. The van der Waals surface area contributed by atoms with Gasteiger partial charge in [0, 0.05) is 13.6 Å². The summed E-state index contributed by atoms with van der Waals surface area (Å²) in [4.78, 5) is 15.9. The van der Waals surface area contributed by atoms with Crippen LogP contribution in [-0.2, 0) is 13.6 Å². The zero-order chi connectivity index (χ0) is 11.5. The van der Waals surface area contributed by atoms with Crippen LogP contribution in [0.2, 0.25) is 0 Å². The Morgan fingerprint density at radius 2 is 2.31 bits per heavy atom. The third-order valence-electron chi connectivity index (χ3n) is 2.09. The number of nitrogens with zero attached hydrogens (tertiary/aromatic N) is 6. The summed E-state index contributed by atoms with van der Waals surface area (Å²) in [7, 11) is 1.71. The third kappa shape index (κ3) is 1.83. The number of hydrogen-bond donors (Lipinski definition) is 0. The predicted molar refractivity (Wildman–Crippen MR) is 54.7 cm³/mol. The van der Waals surface area contributed by atoms with E-state index in [4.69, 9.17) is 0 Å². The van der Waals surface area contributed by atoms with Crippen LogP contribution >= 0.6 is 0 Å². The van der Waals surface area contributed by atoms with Crippen molar-refractivity contribution in [3.63, 3.8) is 0 Å². The predicted octanol–water partition coefficient (Wildman–Crippen LogP) is 0.0476. The van der Waals surface area contributed by atoms with Gasteiger partial charge in [-0.3, -0.25) is 9.48 Å². The Hall–Kier alpha value is -2.05. The van der Waals surface area contributed by atoms with Gasteiger partial charge in [0.05, 0.1) is 6.20 Å². The normalized spacial score (nSPS) is 10.6. The van der Waals surface area contributed by atoms with Gasteiger partial charge in [-0.25, -0.2) is 9.67 Å². The van der Waals surface area contributed by atoms with Crippen molar-refractivity contribution in [3.05, 3.63) is 24.0 Å². The quantitative estimate of drug-likeness (QED) is 0.680. The molecule has 0 unspecified atom stereocenters. The lowest BCUT2D eigenvalue weighted by Gasteiger charge is -2.00. The highest BCUT2D eigenvalue weighted by Crippen LogP contribution is 2.04. The molecule has 16 heavy (non-hydrogen) atoms. The maximum Gasteiger partial charge on any atom is 0.251 e. The lowest BCUT2D eigenvalue weighted by molar-refractivity contribution is 0.101. The lowest BCUT2D eigenvalue weighted by Crippen LogP contribution is -2.13. The van der Waals surface area contributed by atoms with Crippen LogP contribution < -0.4 is 0 Å². The molecule has 2 aromatic heterocycles. The van der Waals surface area contributed by atoms with Crippen molar-refractivity contribution in [2.75, 3.05) is 0 Å². The van der Waals surface area contributed by atoms with Gasteiger partial charge < -0.3 is 0 Å². The second-order valence-electron chi connectivity index (χ2n) is 3.41. The molecule has 2 aromatic rings. The Balaban J connectivity index is 2.30. The average molecular weight is 220 g/mol. The van der Waals surface area contributed by atoms with Gasteiger partial charge in [0.15, 0.2) is 5.69 Å². The monoisotopic (exact) mass is 220 g/mol. The van der Waals surface area contributed by atoms with E-state index in [1.807, 2.05) is 6.92 Å². The molecule has 0 bridgehead atoms. The highest BCUT2D eigenvalue weighted by Gasteiger charge is 2.18. The molecule has 0 aliphatic rings. The standard InChI is InChI=1S/C9H12N6O/c1-3-4-15-9(10-6-11-15)8(16)7-5-14(2)13-12-7/h5-6H,3-4H2,1-2H3. The van der Waals surface area contributed by atoms with E-state index in [2.05, 4.69) is 20.4 Å². The molecule has 84 valence electrons. The van der Waals surface area contributed by atoms with E-state index < -0.39 is 0 Å². The summed E-state index contributed by atoms with van der Waals surface area (Å²) in [5, 5.41) is 11.5. The number of ketones is 1. The van der Waals surface area contributed by atoms with Crippen LogP contribution in [0, 0.1) is 0 Å². The molecule has 0 saturated heterocycles. The summed E-state index contributed by atoms with van der Waals surface area (Å²) in [5.41, 5.74) is 0.285. The van der Waals surface area contributed by atoms with Crippen LogP contribution in [0.5, 0.6) is 0 Å². The number of carbonyl (C=O) groups excluding carboxylic acids is 1. The topological polar surface area (TPSA) is 78.5 Å². The summed E-state index contributed by atoms with van der Waals surface area (Å²) in [5.74, 6) is 0.0569. The Morgan fingerprint density at radius 3 is 2.94 bits per heavy atom. The highest BCUT2D eigenvalue weighted by molar-refractivity contribution is 6.04. The van der Waals surface area contributed by atoms with Crippen molar-refractivity contribution in [3.8, 4) is 0 Å². The maximum absolute atomic E-state index is 12.0. The van der Waals surface area contributed by atoms with Gasteiger partial charge in [0.1, 0.15) is 6.33 Å². The molecule has 2 heterocycles. The van der Waals surface area contributed by atoms with Crippen molar-refractivity contribution in [1.82, 2.24) is 29.8 Å². The van der Waals surface area contributed by atoms with E-state index in [0.29, 0.717) is 12.4 Å². The molecule has 0 aliphatic carbocycles. The molecule has 7 heteroatoms. The lowest BCUT2D eigenvalue weighted by atomic mass is 10.3. The van der Waals surface area contributed by atoms with Crippen LogP contribution in [0.15, 0.2) is 12.5 Å². The number of carbonyl (C=O) groups is 1. The first kappa shape index (κ1) is 10.5. The number of aromatic nitrogens is 6. The minimum atomic E-state index is -0.251. The summed E-state index contributed by atoms with van der Waals surface area (Å²) in [6.45, 7) is 2.68. The summed E-state index contributed by atoms with van der Waals surface area (Å²) < 4.78 is 3.06.